The monoisotopic (exact) mass is 187 g/mol. The first-order chi connectivity index (χ1) is 6.02. The minimum absolute atomic E-state index is 0.0706. The summed E-state index contributed by atoms with van der Waals surface area (Å²) in [5.74, 6) is 0.799. The van der Waals surface area contributed by atoms with Crippen LogP contribution in [0.25, 0.3) is 0 Å². The quantitative estimate of drug-likeness (QED) is 0.720. The van der Waals surface area contributed by atoms with Crippen molar-refractivity contribution in [3.63, 3.8) is 0 Å². The highest BCUT2D eigenvalue weighted by atomic mass is 16.1. The highest BCUT2D eigenvalue weighted by Crippen LogP contribution is 2.05. The summed E-state index contributed by atoms with van der Waals surface area (Å²) >= 11 is 0. The lowest BCUT2D eigenvalue weighted by Crippen LogP contribution is -2.30. The van der Waals surface area contributed by atoms with Gasteiger partial charge in [-0.25, -0.2) is 0 Å². The third-order valence-corrected chi connectivity index (χ3v) is 1.63. The van der Waals surface area contributed by atoms with E-state index < -0.39 is 0 Å². The largest absolute Gasteiger partial charge is 0.354 e. The molecule has 0 saturated heterocycles. The van der Waals surface area contributed by atoms with Gasteiger partial charge in [-0.2, -0.15) is 0 Å². The van der Waals surface area contributed by atoms with E-state index in [0.29, 0.717) is 6.04 Å². The van der Waals surface area contributed by atoms with Crippen LogP contribution in [0.4, 0.5) is 0 Å². The summed E-state index contributed by atoms with van der Waals surface area (Å²) in [5.41, 5.74) is 0. The molecular weight excluding hydrogens is 162 g/mol. The molecule has 1 unspecified atom stereocenters. The molecule has 2 heteroatoms. The van der Waals surface area contributed by atoms with Gasteiger partial charge in [-0.3, -0.25) is 4.79 Å². The minimum atomic E-state index is 0.0706. The average molecular weight is 187 g/mol. The molecule has 0 spiro atoms. The lowest BCUT2D eigenvalue weighted by molar-refractivity contribution is -0.119. The zero-order valence-corrected chi connectivity index (χ0v) is 9.98. The number of carbonyl (C=O) groups excluding carboxylic acids is 1. The first-order valence-corrected chi connectivity index (χ1v) is 5.29. The summed E-state index contributed by atoms with van der Waals surface area (Å²) < 4.78 is 0. The van der Waals surface area contributed by atoms with E-state index in [4.69, 9.17) is 0 Å². The zero-order chi connectivity index (χ0) is 10.9. The molecule has 1 atom stereocenters. The molecule has 0 aliphatic heterocycles. The molecular formula is C11H25NO. The smallest absolute Gasteiger partial charge is 0.217 e. The van der Waals surface area contributed by atoms with Crippen molar-refractivity contribution in [2.75, 3.05) is 0 Å². The van der Waals surface area contributed by atoms with Gasteiger partial charge in [-0.15, -0.1) is 0 Å². The Hall–Kier alpha value is -0.530. The molecule has 0 aliphatic carbocycles. The second-order valence-electron chi connectivity index (χ2n) is 3.57. The maximum Gasteiger partial charge on any atom is 0.217 e. The highest BCUT2D eigenvalue weighted by molar-refractivity contribution is 5.73. The van der Waals surface area contributed by atoms with Crippen LogP contribution in [0.15, 0.2) is 0 Å². The van der Waals surface area contributed by atoms with E-state index in [9.17, 15) is 4.79 Å². The van der Waals surface area contributed by atoms with Gasteiger partial charge in [0, 0.05) is 13.0 Å². The van der Waals surface area contributed by atoms with Gasteiger partial charge >= 0.3 is 0 Å². The molecule has 0 heterocycles. The molecule has 0 fully saturated rings. The van der Waals surface area contributed by atoms with Gasteiger partial charge in [-0.05, 0) is 25.7 Å². The third kappa shape index (κ3) is 14.3. The second-order valence-corrected chi connectivity index (χ2v) is 3.57. The number of carbonyl (C=O) groups is 1. The van der Waals surface area contributed by atoms with Crippen molar-refractivity contribution in [3.05, 3.63) is 0 Å². The Morgan fingerprint density at radius 1 is 1.15 bits per heavy atom. The lowest BCUT2D eigenvalue weighted by atomic mass is 10.0. The number of hydrogen-bond acceptors (Lipinski definition) is 1. The molecule has 13 heavy (non-hydrogen) atoms. The van der Waals surface area contributed by atoms with Crippen LogP contribution in [-0.2, 0) is 4.79 Å². The Labute approximate surface area is 83.1 Å². The lowest BCUT2D eigenvalue weighted by Gasteiger charge is -2.13. The fraction of sp³-hybridized carbons (Fsp3) is 0.909. The molecule has 0 aromatic carbocycles. The molecule has 0 aliphatic rings. The van der Waals surface area contributed by atoms with Gasteiger partial charge in [-0.1, -0.05) is 27.7 Å². The first-order valence-electron chi connectivity index (χ1n) is 5.29. The van der Waals surface area contributed by atoms with Gasteiger partial charge in [0.2, 0.25) is 5.91 Å². The van der Waals surface area contributed by atoms with Gasteiger partial charge in [0.25, 0.3) is 0 Å². The summed E-state index contributed by atoms with van der Waals surface area (Å²) in [6.45, 7) is 12.0. The Balaban J connectivity index is 0. The Kier molecular flexibility index (Phi) is 11.0. The van der Waals surface area contributed by atoms with E-state index in [0.717, 1.165) is 12.3 Å². The van der Waals surface area contributed by atoms with Crippen molar-refractivity contribution in [2.45, 2.75) is 60.4 Å². The van der Waals surface area contributed by atoms with Gasteiger partial charge < -0.3 is 5.32 Å². The predicted octanol–water partition coefficient (Wildman–Crippen LogP) is 2.97. The van der Waals surface area contributed by atoms with Crippen LogP contribution in [0, 0.1) is 5.92 Å². The van der Waals surface area contributed by atoms with E-state index in [1.54, 1.807) is 6.92 Å². The first kappa shape index (κ1) is 15.0. The standard InChI is InChI=1S/C9H19NO.C2H6/c1-7(2)5-6-8(3)10-9(4)11;1-2/h7-8H,5-6H2,1-4H3,(H,10,11);1-2H3. The van der Waals surface area contributed by atoms with Crippen LogP contribution >= 0.6 is 0 Å². The summed E-state index contributed by atoms with van der Waals surface area (Å²) in [7, 11) is 0. The fourth-order valence-electron chi connectivity index (χ4n) is 1.00. The fourth-order valence-corrected chi connectivity index (χ4v) is 1.00. The van der Waals surface area contributed by atoms with E-state index in [2.05, 4.69) is 19.2 Å². The molecule has 80 valence electrons. The van der Waals surface area contributed by atoms with Crippen molar-refractivity contribution in [3.8, 4) is 0 Å². The van der Waals surface area contributed by atoms with Crippen LogP contribution in [0.3, 0.4) is 0 Å². The molecule has 0 saturated carbocycles. The van der Waals surface area contributed by atoms with Crippen molar-refractivity contribution in [1.29, 1.82) is 0 Å². The summed E-state index contributed by atoms with van der Waals surface area (Å²) in [6, 6.07) is 0.329. The minimum Gasteiger partial charge on any atom is -0.354 e. The summed E-state index contributed by atoms with van der Waals surface area (Å²) in [5, 5.41) is 2.86. The van der Waals surface area contributed by atoms with Crippen molar-refractivity contribution < 1.29 is 4.79 Å². The summed E-state index contributed by atoms with van der Waals surface area (Å²) in [6.07, 6.45) is 2.26. The SMILES string of the molecule is CC.CC(=O)NC(C)CCC(C)C. The maximum atomic E-state index is 10.6. The Morgan fingerprint density at radius 2 is 1.62 bits per heavy atom. The van der Waals surface area contributed by atoms with Gasteiger partial charge in [0.15, 0.2) is 0 Å². The number of hydrogen-bond donors (Lipinski definition) is 1. The van der Waals surface area contributed by atoms with E-state index in [1.807, 2.05) is 20.8 Å². The van der Waals surface area contributed by atoms with Crippen LogP contribution in [0.1, 0.15) is 54.4 Å². The normalized spacial score (nSPS) is 11.6. The van der Waals surface area contributed by atoms with Crippen LogP contribution in [0.2, 0.25) is 0 Å². The average Bonchev–Trinajstić information content (AvgIpc) is 2.03. The maximum absolute atomic E-state index is 10.6. The van der Waals surface area contributed by atoms with Gasteiger partial charge in [0.05, 0.1) is 0 Å². The summed E-state index contributed by atoms with van der Waals surface area (Å²) in [4.78, 5) is 10.6. The van der Waals surface area contributed by atoms with Crippen molar-refractivity contribution in [1.82, 2.24) is 5.32 Å². The number of nitrogens with one attached hydrogen (secondary N) is 1. The van der Waals surface area contributed by atoms with E-state index in [-0.39, 0.29) is 5.91 Å². The molecule has 0 radical (unpaired) electrons. The highest BCUT2D eigenvalue weighted by Gasteiger charge is 2.03. The zero-order valence-electron chi connectivity index (χ0n) is 9.98. The number of amides is 1. The Bertz CT molecular complexity index is 121. The molecule has 0 aromatic heterocycles. The molecule has 1 N–H and O–H groups in total. The molecule has 0 rings (SSSR count). The second kappa shape index (κ2) is 9.56. The predicted molar refractivity (Wildman–Crippen MR) is 58.7 cm³/mol. The molecule has 1 amide bonds. The van der Waals surface area contributed by atoms with Crippen LogP contribution in [-0.4, -0.2) is 11.9 Å². The number of rotatable bonds is 4. The molecule has 0 bridgehead atoms. The Morgan fingerprint density at radius 3 is 1.92 bits per heavy atom. The molecule has 0 aromatic rings. The van der Waals surface area contributed by atoms with Gasteiger partial charge in [0.1, 0.15) is 0 Å². The van der Waals surface area contributed by atoms with E-state index >= 15 is 0 Å². The van der Waals surface area contributed by atoms with Crippen LogP contribution in [0.5, 0.6) is 0 Å². The molecule has 2 nitrogen and oxygen atoms in total. The van der Waals surface area contributed by atoms with E-state index in [1.165, 1.54) is 6.42 Å². The van der Waals surface area contributed by atoms with Crippen molar-refractivity contribution in [2.24, 2.45) is 5.92 Å². The third-order valence-electron chi connectivity index (χ3n) is 1.63. The topological polar surface area (TPSA) is 29.1 Å². The van der Waals surface area contributed by atoms with Crippen LogP contribution < -0.4 is 5.32 Å². The van der Waals surface area contributed by atoms with Crippen molar-refractivity contribution >= 4 is 5.91 Å².